The molecule has 1 aliphatic heterocycles. The van der Waals surface area contributed by atoms with Gasteiger partial charge < -0.3 is 10.2 Å². The first-order chi connectivity index (χ1) is 14.0. The van der Waals surface area contributed by atoms with Crippen molar-refractivity contribution < 1.29 is 9.18 Å². The topological polar surface area (TPSA) is 71.0 Å². The smallest absolute Gasteiger partial charge is 0.234 e. The number of anilines is 2. The van der Waals surface area contributed by atoms with E-state index in [0.29, 0.717) is 11.6 Å². The number of hydrogen-bond acceptors (Lipinski definition) is 7. The molecule has 2 aromatic heterocycles. The van der Waals surface area contributed by atoms with E-state index in [2.05, 4.69) is 32.1 Å². The first-order valence-corrected chi connectivity index (χ1v) is 11.3. The number of piperidine rings is 1. The third-order valence-electron chi connectivity index (χ3n) is 4.81. The minimum absolute atomic E-state index is 0.132. The van der Waals surface area contributed by atoms with Crippen LogP contribution in [0.5, 0.6) is 0 Å². The Hall–Kier alpha value is -2.26. The lowest BCUT2D eigenvalue weighted by molar-refractivity contribution is -0.113. The molecule has 1 amide bonds. The number of nitrogens with zero attached hydrogens (tertiary/aromatic N) is 4. The van der Waals surface area contributed by atoms with Crippen molar-refractivity contribution in [3.63, 3.8) is 0 Å². The molecule has 0 spiro atoms. The molecular weight excluding hydrogens is 409 g/mol. The highest BCUT2D eigenvalue weighted by Crippen LogP contribution is 2.35. The summed E-state index contributed by atoms with van der Waals surface area (Å²) >= 11 is 2.88. The van der Waals surface area contributed by atoms with Crippen molar-refractivity contribution in [2.45, 2.75) is 31.7 Å². The number of carbonyl (C=O) groups is 1. The normalized spacial score (nSPS) is 16.9. The van der Waals surface area contributed by atoms with Crippen LogP contribution in [-0.4, -0.2) is 39.7 Å². The van der Waals surface area contributed by atoms with Crippen LogP contribution < -0.4 is 10.2 Å². The maximum Gasteiger partial charge on any atom is 0.234 e. The Morgan fingerprint density at radius 1 is 1.41 bits per heavy atom. The third kappa shape index (κ3) is 4.67. The summed E-state index contributed by atoms with van der Waals surface area (Å²) in [5.41, 5.74) is 1.65. The fraction of sp³-hybridized carbons (Fsp3) is 0.400. The predicted octanol–water partition coefficient (Wildman–Crippen LogP) is 4.50. The largest absolute Gasteiger partial charge is 0.348 e. The number of rotatable bonds is 5. The standard InChI is InChI=1S/C20H22FN5OS2/c1-12-5-6-15(14(21)8-12)24-16(27)10-28-19-17-18(22-11-23-19)25-20(29-17)26-7-3-4-13(2)9-26/h5-6,8,11,13H,3-4,7,9-10H2,1-2H3,(H,24,27). The first kappa shape index (κ1) is 20.0. The van der Waals surface area contributed by atoms with Gasteiger partial charge in [-0.1, -0.05) is 36.1 Å². The number of aryl methyl sites for hydroxylation is 1. The molecule has 3 heterocycles. The van der Waals surface area contributed by atoms with Gasteiger partial charge in [-0.15, -0.1) is 0 Å². The fourth-order valence-corrected chi connectivity index (χ4v) is 5.29. The summed E-state index contributed by atoms with van der Waals surface area (Å²) in [5.74, 6) is 0.0734. The summed E-state index contributed by atoms with van der Waals surface area (Å²) < 4.78 is 14.8. The van der Waals surface area contributed by atoms with Gasteiger partial charge in [0.1, 0.15) is 21.9 Å². The number of halogens is 1. The van der Waals surface area contributed by atoms with E-state index in [0.717, 1.165) is 33.5 Å². The van der Waals surface area contributed by atoms with Gasteiger partial charge in [-0.3, -0.25) is 4.79 Å². The molecule has 9 heteroatoms. The second-order valence-corrected chi connectivity index (χ2v) is 9.28. The third-order valence-corrected chi connectivity index (χ3v) is 7.04. The Bertz CT molecular complexity index is 1040. The summed E-state index contributed by atoms with van der Waals surface area (Å²) in [5, 5.41) is 4.30. The van der Waals surface area contributed by atoms with Crippen LogP contribution in [0.3, 0.4) is 0 Å². The van der Waals surface area contributed by atoms with E-state index in [9.17, 15) is 9.18 Å². The average molecular weight is 432 g/mol. The summed E-state index contributed by atoms with van der Waals surface area (Å²) in [6.07, 6.45) is 3.89. The Morgan fingerprint density at radius 2 is 2.28 bits per heavy atom. The van der Waals surface area contributed by atoms with Gasteiger partial charge in [-0.2, -0.15) is 4.98 Å². The summed E-state index contributed by atoms with van der Waals surface area (Å²) in [7, 11) is 0. The van der Waals surface area contributed by atoms with Crippen LogP contribution in [0.15, 0.2) is 29.6 Å². The van der Waals surface area contributed by atoms with Crippen molar-refractivity contribution in [1.29, 1.82) is 0 Å². The molecule has 1 saturated heterocycles. The Balaban J connectivity index is 1.45. The van der Waals surface area contributed by atoms with Crippen LogP contribution >= 0.6 is 23.1 Å². The van der Waals surface area contributed by atoms with E-state index in [1.807, 2.05) is 0 Å². The zero-order chi connectivity index (χ0) is 20.4. The molecule has 1 N–H and O–H groups in total. The molecular formula is C20H22FN5OS2. The van der Waals surface area contributed by atoms with Crippen molar-refractivity contribution >= 4 is 50.2 Å². The molecule has 1 fully saturated rings. The number of thiazole rings is 1. The molecule has 1 atom stereocenters. The van der Waals surface area contributed by atoms with Crippen LogP contribution in [-0.2, 0) is 4.79 Å². The van der Waals surface area contributed by atoms with E-state index >= 15 is 0 Å². The zero-order valence-corrected chi connectivity index (χ0v) is 17.9. The SMILES string of the molecule is Cc1ccc(NC(=O)CSc2ncnc3nc(N4CCCC(C)C4)sc23)c(F)c1. The number of carbonyl (C=O) groups excluding carboxylic acids is 1. The molecule has 1 unspecified atom stereocenters. The second-order valence-electron chi connectivity index (χ2n) is 7.34. The van der Waals surface area contributed by atoms with E-state index in [1.54, 1.807) is 30.4 Å². The van der Waals surface area contributed by atoms with Crippen LogP contribution in [0, 0.1) is 18.7 Å². The molecule has 29 heavy (non-hydrogen) atoms. The second kappa shape index (κ2) is 8.62. The number of hydrogen-bond donors (Lipinski definition) is 1. The van der Waals surface area contributed by atoms with E-state index in [4.69, 9.17) is 0 Å². The van der Waals surface area contributed by atoms with Gasteiger partial charge in [0.05, 0.1) is 11.4 Å². The van der Waals surface area contributed by atoms with Crippen LogP contribution in [0.1, 0.15) is 25.3 Å². The van der Waals surface area contributed by atoms with Crippen molar-refractivity contribution in [3.8, 4) is 0 Å². The first-order valence-electron chi connectivity index (χ1n) is 9.55. The lowest BCUT2D eigenvalue weighted by Crippen LogP contribution is -2.34. The van der Waals surface area contributed by atoms with Crippen LogP contribution in [0.25, 0.3) is 10.3 Å². The summed E-state index contributed by atoms with van der Waals surface area (Å²) in [4.78, 5) is 27.9. The molecule has 6 nitrogen and oxygen atoms in total. The predicted molar refractivity (Wildman–Crippen MR) is 116 cm³/mol. The molecule has 0 aliphatic carbocycles. The van der Waals surface area contributed by atoms with Gasteiger partial charge in [0.15, 0.2) is 10.8 Å². The number of nitrogens with one attached hydrogen (secondary N) is 1. The van der Waals surface area contributed by atoms with Crippen molar-refractivity contribution in [2.75, 3.05) is 29.1 Å². The quantitative estimate of drug-likeness (QED) is 0.474. The lowest BCUT2D eigenvalue weighted by Gasteiger charge is -2.30. The molecule has 1 aliphatic rings. The van der Waals surface area contributed by atoms with Gasteiger partial charge in [-0.05, 0) is 43.4 Å². The highest BCUT2D eigenvalue weighted by molar-refractivity contribution is 8.00. The number of fused-ring (bicyclic) bond motifs is 1. The van der Waals surface area contributed by atoms with Gasteiger partial charge in [0, 0.05) is 13.1 Å². The van der Waals surface area contributed by atoms with Crippen LogP contribution in [0.2, 0.25) is 0 Å². The number of benzene rings is 1. The van der Waals surface area contributed by atoms with Gasteiger partial charge in [0.25, 0.3) is 0 Å². The molecule has 152 valence electrons. The average Bonchev–Trinajstić information content (AvgIpc) is 3.13. The number of amides is 1. The molecule has 4 rings (SSSR count). The number of aromatic nitrogens is 3. The Morgan fingerprint density at radius 3 is 3.07 bits per heavy atom. The van der Waals surface area contributed by atoms with Crippen molar-refractivity contribution in [1.82, 2.24) is 15.0 Å². The summed E-state index contributed by atoms with van der Waals surface area (Å²) in [6, 6.07) is 4.74. The molecule has 0 saturated carbocycles. The molecule has 1 aromatic carbocycles. The van der Waals surface area contributed by atoms with E-state index in [-0.39, 0.29) is 17.3 Å². The van der Waals surface area contributed by atoms with Crippen molar-refractivity contribution in [2.24, 2.45) is 5.92 Å². The van der Waals surface area contributed by atoms with Gasteiger partial charge in [-0.25, -0.2) is 14.4 Å². The summed E-state index contributed by atoms with van der Waals surface area (Å²) in [6.45, 7) is 6.07. The maximum absolute atomic E-state index is 13.9. The Labute approximate surface area is 177 Å². The van der Waals surface area contributed by atoms with Crippen molar-refractivity contribution in [3.05, 3.63) is 35.9 Å². The fourth-order valence-electron chi connectivity index (χ4n) is 3.37. The minimum atomic E-state index is -0.435. The van der Waals surface area contributed by atoms with Crippen LogP contribution in [0.4, 0.5) is 15.2 Å². The van der Waals surface area contributed by atoms with Gasteiger partial charge in [0.2, 0.25) is 5.91 Å². The zero-order valence-electron chi connectivity index (χ0n) is 16.3. The van der Waals surface area contributed by atoms with E-state index < -0.39 is 5.82 Å². The monoisotopic (exact) mass is 431 g/mol. The van der Waals surface area contributed by atoms with E-state index in [1.165, 1.54) is 37.0 Å². The van der Waals surface area contributed by atoms with Gasteiger partial charge >= 0.3 is 0 Å². The molecule has 0 bridgehead atoms. The highest BCUT2D eigenvalue weighted by Gasteiger charge is 2.21. The number of thioether (sulfide) groups is 1. The molecule has 3 aromatic rings. The molecule has 0 radical (unpaired) electrons. The maximum atomic E-state index is 13.9. The highest BCUT2D eigenvalue weighted by atomic mass is 32.2. The lowest BCUT2D eigenvalue weighted by atomic mass is 10.0. The minimum Gasteiger partial charge on any atom is -0.348 e. The Kier molecular flexibility index (Phi) is 5.96.